The van der Waals surface area contributed by atoms with Crippen LogP contribution in [0.25, 0.3) is 0 Å². The summed E-state index contributed by atoms with van der Waals surface area (Å²) in [5.74, 6) is 0. The van der Waals surface area contributed by atoms with E-state index in [1.54, 1.807) is 0 Å². The summed E-state index contributed by atoms with van der Waals surface area (Å²) < 4.78 is 0. The van der Waals surface area contributed by atoms with Crippen LogP contribution >= 0.6 is 0 Å². The summed E-state index contributed by atoms with van der Waals surface area (Å²) in [5, 5.41) is 0. The maximum Gasteiger partial charge on any atom is 0.0323 e. The molecule has 1 aliphatic heterocycles. The van der Waals surface area contributed by atoms with Crippen LogP contribution in [-0.4, -0.2) is 24.0 Å². The highest BCUT2D eigenvalue weighted by atomic mass is 15.2. The fraction of sp³-hybridized carbons (Fsp3) is 0.600. The molecule has 0 saturated carbocycles. The number of hydrogen-bond acceptors (Lipinski definition) is 2. The number of nitrogens with two attached hydrogens (primary N) is 1. The molecule has 2 atom stereocenters. The average Bonchev–Trinajstić information content (AvgIpc) is 2.31. The Labute approximate surface area is 105 Å². The van der Waals surface area contributed by atoms with E-state index in [-0.39, 0.29) is 0 Å². The van der Waals surface area contributed by atoms with Gasteiger partial charge in [0.1, 0.15) is 0 Å². The fourth-order valence-corrected chi connectivity index (χ4v) is 2.80. The summed E-state index contributed by atoms with van der Waals surface area (Å²) in [6.45, 7) is 8.89. The predicted molar refractivity (Wildman–Crippen MR) is 73.1 cm³/mol. The molecule has 2 nitrogen and oxygen atoms in total. The number of aryl methyl sites for hydroxylation is 2. The first-order valence-corrected chi connectivity index (χ1v) is 6.64. The molecule has 94 valence electrons. The lowest BCUT2D eigenvalue weighted by Gasteiger charge is -2.36. The molecule has 2 N–H and O–H groups in total. The molecule has 17 heavy (non-hydrogen) atoms. The highest BCUT2D eigenvalue weighted by Crippen LogP contribution is 2.26. The summed E-state index contributed by atoms with van der Waals surface area (Å²) in [7, 11) is 0. The number of piperidine rings is 1. The Morgan fingerprint density at radius 2 is 2.12 bits per heavy atom. The molecule has 1 fully saturated rings. The van der Waals surface area contributed by atoms with E-state index in [0.29, 0.717) is 12.1 Å². The summed E-state index contributed by atoms with van der Waals surface area (Å²) in [6, 6.07) is 7.58. The molecule has 0 spiro atoms. The summed E-state index contributed by atoms with van der Waals surface area (Å²) in [4.78, 5) is 2.52. The Morgan fingerprint density at radius 1 is 1.35 bits per heavy atom. The van der Waals surface area contributed by atoms with Crippen LogP contribution in [-0.2, 0) is 0 Å². The van der Waals surface area contributed by atoms with E-state index in [0.717, 1.165) is 6.54 Å². The molecule has 0 aromatic heterocycles. The van der Waals surface area contributed by atoms with Gasteiger partial charge in [-0.2, -0.15) is 0 Å². The molecule has 1 saturated heterocycles. The second kappa shape index (κ2) is 5.19. The van der Waals surface area contributed by atoms with Gasteiger partial charge in [0.05, 0.1) is 0 Å². The van der Waals surface area contributed by atoms with Crippen LogP contribution in [0, 0.1) is 13.8 Å². The maximum atomic E-state index is 6.07. The molecule has 1 aliphatic rings. The van der Waals surface area contributed by atoms with Crippen LogP contribution in [0.2, 0.25) is 0 Å². The van der Waals surface area contributed by atoms with Gasteiger partial charge in [-0.1, -0.05) is 23.8 Å². The molecular formula is C15H24N2. The van der Waals surface area contributed by atoms with Crippen molar-refractivity contribution in [3.8, 4) is 0 Å². The number of benzene rings is 1. The van der Waals surface area contributed by atoms with Crippen molar-refractivity contribution in [1.82, 2.24) is 4.90 Å². The number of hydrogen-bond donors (Lipinski definition) is 1. The first-order chi connectivity index (χ1) is 8.08. The number of nitrogens with zero attached hydrogens (tertiary/aromatic N) is 1. The Kier molecular flexibility index (Phi) is 3.85. The third-order valence-electron chi connectivity index (χ3n) is 3.92. The van der Waals surface area contributed by atoms with Crippen molar-refractivity contribution in [2.75, 3.05) is 13.1 Å². The van der Waals surface area contributed by atoms with Crippen molar-refractivity contribution in [3.63, 3.8) is 0 Å². The first-order valence-electron chi connectivity index (χ1n) is 6.64. The van der Waals surface area contributed by atoms with Gasteiger partial charge in [0.25, 0.3) is 0 Å². The van der Waals surface area contributed by atoms with Crippen LogP contribution in [0.3, 0.4) is 0 Å². The number of rotatable bonds is 2. The molecule has 2 heteroatoms. The van der Waals surface area contributed by atoms with Gasteiger partial charge in [0.2, 0.25) is 0 Å². The van der Waals surface area contributed by atoms with Crippen LogP contribution < -0.4 is 5.73 Å². The van der Waals surface area contributed by atoms with Gasteiger partial charge < -0.3 is 5.73 Å². The van der Waals surface area contributed by atoms with E-state index in [4.69, 9.17) is 5.73 Å². The van der Waals surface area contributed by atoms with Crippen LogP contribution in [0.1, 0.15) is 42.5 Å². The highest BCUT2D eigenvalue weighted by Gasteiger charge is 2.22. The smallest absolute Gasteiger partial charge is 0.0323 e. The average molecular weight is 232 g/mol. The molecule has 0 bridgehead atoms. The molecule has 1 heterocycles. The largest absolute Gasteiger partial charge is 0.327 e. The number of likely N-dealkylation sites (tertiary alicyclic amines) is 1. The molecule has 0 radical (unpaired) electrons. The monoisotopic (exact) mass is 232 g/mol. The standard InChI is InChI=1S/C15H24N2/c1-11-6-7-12(2)15(9-11)13(3)17-8-4-5-14(16)10-17/h6-7,9,13-14H,4-5,8,10,16H2,1-3H3. The van der Waals surface area contributed by atoms with E-state index in [1.807, 2.05) is 0 Å². The van der Waals surface area contributed by atoms with Crippen molar-refractivity contribution in [2.24, 2.45) is 5.73 Å². The highest BCUT2D eigenvalue weighted by molar-refractivity contribution is 5.32. The van der Waals surface area contributed by atoms with Gasteiger partial charge in [0, 0.05) is 18.6 Å². The van der Waals surface area contributed by atoms with Gasteiger partial charge >= 0.3 is 0 Å². The van der Waals surface area contributed by atoms with Crippen LogP contribution in [0.5, 0.6) is 0 Å². The van der Waals surface area contributed by atoms with Crippen molar-refractivity contribution in [2.45, 2.75) is 45.7 Å². The molecule has 2 rings (SSSR count). The zero-order valence-electron chi connectivity index (χ0n) is 11.2. The Hall–Kier alpha value is -0.860. The van der Waals surface area contributed by atoms with E-state index >= 15 is 0 Å². The lowest BCUT2D eigenvalue weighted by molar-refractivity contribution is 0.159. The molecule has 2 unspecified atom stereocenters. The minimum absolute atomic E-state index is 0.358. The van der Waals surface area contributed by atoms with E-state index in [1.165, 1.54) is 36.1 Å². The van der Waals surface area contributed by atoms with Gasteiger partial charge in [0.15, 0.2) is 0 Å². The van der Waals surface area contributed by atoms with Crippen molar-refractivity contribution >= 4 is 0 Å². The normalized spacial score (nSPS) is 23.6. The SMILES string of the molecule is Cc1ccc(C)c(C(C)N2CCCC(N)C2)c1. The second-order valence-corrected chi connectivity index (χ2v) is 5.43. The van der Waals surface area contributed by atoms with Gasteiger partial charge in [-0.05, 0) is 51.3 Å². The summed E-state index contributed by atoms with van der Waals surface area (Å²) in [6.07, 6.45) is 2.41. The topological polar surface area (TPSA) is 29.3 Å². The van der Waals surface area contributed by atoms with Crippen molar-refractivity contribution < 1.29 is 0 Å². The molecular weight excluding hydrogens is 208 g/mol. The van der Waals surface area contributed by atoms with E-state index < -0.39 is 0 Å². The zero-order chi connectivity index (χ0) is 12.4. The molecule has 0 amide bonds. The predicted octanol–water partition coefficient (Wildman–Crippen LogP) is 2.79. The summed E-state index contributed by atoms with van der Waals surface area (Å²) >= 11 is 0. The maximum absolute atomic E-state index is 6.07. The Morgan fingerprint density at radius 3 is 2.82 bits per heavy atom. The van der Waals surface area contributed by atoms with E-state index in [2.05, 4.69) is 43.9 Å². The minimum atomic E-state index is 0.358. The third-order valence-corrected chi connectivity index (χ3v) is 3.92. The third kappa shape index (κ3) is 2.88. The zero-order valence-corrected chi connectivity index (χ0v) is 11.2. The fourth-order valence-electron chi connectivity index (χ4n) is 2.80. The summed E-state index contributed by atoms with van der Waals surface area (Å²) in [5.41, 5.74) is 10.3. The van der Waals surface area contributed by atoms with E-state index in [9.17, 15) is 0 Å². The van der Waals surface area contributed by atoms with Gasteiger partial charge in [-0.15, -0.1) is 0 Å². The molecule has 1 aromatic rings. The lowest BCUT2D eigenvalue weighted by Crippen LogP contribution is -2.43. The van der Waals surface area contributed by atoms with Crippen LogP contribution in [0.15, 0.2) is 18.2 Å². The molecule has 0 aliphatic carbocycles. The quantitative estimate of drug-likeness (QED) is 0.849. The van der Waals surface area contributed by atoms with Gasteiger partial charge in [-0.3, -0.25) is 4.90 Å². The van der Waals surface area contributed by atoms with Crippen LogP contribution in [0.4, 0.5) is 0 Å². The second-order valence-electron chi connectivity index (χ2n) is 5.43. The Bertz CT molecular complexity index is 387. The minimum Gasteiger partial charge on any atom is -0.327 e. The molecule has 1 aromatic carbocycles. The lowest BCUT2D eigenvalue weighted by atomic mass is 9.96. The van der Waals surface area contributed by atoms with Crippen molar-refractivity contribution in [1.29, 1.82) is 0 Å². The van der Waals surface area contributed by atoms with Gasteiger partial charge in [-0.25, -0.2) is 0 Å². The van der Waals surface area contributed by atoms with Crippen molar-refractivity contribution in [3.05, 3.63) is 34.9 Å². The first kappa shape index (κ1) is 12.6. The Balaban J connectivity index is 2.18.